The molecule has 0 bridgehead atoms. The van der Waals surface area contributed by atoms with Crippen molar-refractivity contribution < 1.29 is 13.3 Å². The van der Waals surface area contributed by atoms with Crippen LogP contribution in [0.15, 0.2) is 183 Å². The van der Waals surface area contributed by atoms with Gasteiger partial charge in [-0.05, 0) is 103 Å². The molecule has 0 aliphatic heterocycles. The Hall–Kier alpha value is -7.10. The molecule has 0 spiro atoms. The highest BCUT2D eigenvalue weighted by Crippen LogP contribution is 2.47. The molecule has 0 amide bonds. The number of hydrogen-bond acceptors (Lipinski definition) is 3. The molecule has 0 saturated heterocycles. The first kappa shape index (κ1) is 28.6. The SMILES string of the molecule is c1ccc(-c2coc3c2ccc2c4cc(-c5c6ccccc6c(-c6ccc7oc8ccc9ccccc9c8c7c6)c6ccccc56)ccc4oc23)cc1. The van der Waals surface area contributed by atoms with E-state index in [0.717, 1.165) is 71.5 Å². The minimum atomic E-state index is 0.773. The Morgan fingerprint density at radius 3 is 1.58 bits per heavy atom. The van der Waals surface area contributed by atoms with Crippen LogP contribution in [0.5, 0.6) is 0 Å². The summed E-state index contributed by atoms with van der Waals surface area (Å²) in [6, 6.07) is 58.4. The second-order valence-corrected chi connectivity index (χ2v) is 14.0. The van der Waals surface area contributed by atoms with Crippen LogP contribution in [-0.2, 0) is 0 Å². The third-order valence-corrected chi connectivity index (χ3v) is 11.1. The molecule has 0 aliphatic carbocycles. The van der Waals surface area contributed by atoms with E-state index < -0.39 is 0 Å². The summed E-state index contributed by atoms with van der Waals surface area (Å²) in [6.45, 7) is 0. The maximum absolute atomic E-state index is 6.54. The maximum Gasteiger partial charge on any atom is 0.178 e. The molecule has 0 radical (unpaired) electrons. The number of rotatable bonds is 3. The first-order chi connectivity index (χ1) is 26.3. The zero-order valence-electron chi connectivity index (χ0n) is 28.4. The Labute approximate surface area is 302 Å². The summed E-state index contributed by atoms with van der Waals surface area (Å²) >= 11 is 0. The van der Waals surface area contributed by atoms with E-state index in [1.54, 1.807) is 0 Å². The quantitative estimate of drug-likeness (QED) is 0.175. The topological polar surface area (TPSA) is 39.4 Å². The Kier molecular flexibility index (Phi) is 5.77. The van der Waals surface area contributed by atoms with E-state index >= 15 is 0 Å². The minimum Gasteiger partial charge on any atom is -0.460 e. The molecule has 0 N–H and O–H groups in total. The van der Waals surface area contributed by atoms with Crippen LogP contribution in [0, 0.1) is 0 Å². The third-order valence-electron chi connectivity index (χ3n) is 11.1. The van der Waals surface area contributed by atoms with Crippen LogP contribution in [0.2, 0.25) is 0 Å². The van der Waals surface area contributed by atoms with Crippen molar-refractivity contribution in [2.75, 3.05) is 0 Å². The summed E-state index contributed by atoms with van der Waals surface area (Å²) < 4.78 is 19.1. The molecule has 0 unspecified atom stereocenters. The molecule has 3 heteroatoms. The van der Waals surface area contributed by atoms with Crippen molar-refractivity contribution in [3.63, 3.8) is 0 Å². The lowest BCUT2D eigenvalue weighted by atomic mass is 9.85. The summed E-state index contributed by atoms with van der Waals surface area (Å²) in [6.07, 6.45) is 1.84. The van der Waals surface area contributed by atoms with Crippen LogP contribution in [0.1, 0.15) is 0 Å². The summed E-state index contributed by atoms with van der Waals surface area (Å²) in [5.41, 5.74) is 11.1. The molecular weight excluding hydrogens is 649 g/mol. The molecule has 0 saturated carbocycles. The average molecular weight is 677 g/mol. The van der Waals surface area contributed by atoms with E-state index in [0.29, 0.717) is 0 Å². The highest BCUT2D eigenvalue weighted by atomic mass is 16.4. The van der Waals surface area contributed by atoms with Crippen LogP contribution in [0.25, 0.3) is 121 Å². The molecule has 0 fully saturated rings. The normalized spacial score (nSPS) is 12.2. The van der Waals surface area contributed by atoms with Gasteiger partial charge < -0.3 is 13.3 Å². The van der Waals surface area contributed by atoms with E-state index in [-0.39, 0.29) is 0 Å². The summed E-state index contributed by atoms with van der Waals surface area (Å²) in [5, 5.41) is 12.7. The zero-order chi connectivity index (χ0) is 34.6. The van der Waals surface area contributed by atoms with Gasteiger partial charge in [0.1, 0.15) is 16.7 Å². The summed E-state index contributed by atoms with van der Waals surface area (Å²) in [7, 11) is 0. The van der Waals surface area contributed by atoms with Crippen molar-refractivity contribution in [3.8, 4) is 33.4 Å². The van der Waals surface area contributed by atoms with Gasteiger partial charge in [0, 0.05) is 32.5 Å². The fourth-order valence-electron chi connectivity index (χ4n) is 8.78. The molecule has 3 aromatic heterocycles. The van der Waals surface area contributed by atoms with Gasteiger partial charge in [-0.3, -0.25) is 0 Å². The predicted octanol–water partition coefficient (Wildman–Crippen LogP) is 14.7. The number of benzene rings is 9. The highest BCUT2D eigenvalue weighted by molar-refractivity contribution is 6.24. The monoisotopic (exact) mass is 676 g/mol. The number of furan rings is 3. The van der Waals surface area contributed by atoms with E-state index in [9.17, 15) is 0 Å². The third kappa shape index (κ3) is 4.05. The van der Waals surface area contributed by atoms with Gasteiger partial charge in [-0.2, -0.15) is 0 Å². The van der Waals surface area contributed by atoms with Crippen molar-refractivity contribution in [2.45, 2.75) is 0 Å². The van der Waals surface area contributed by atoms with Gasteiger partial charge in [0.2, 0.25) is 0 Å². The molecule has 0 atom stereocenters. The Morgan fingerprint density at radius 2 is 0.887 bits per heavy atom. The van der Waals surface area contributed by atoms with Crippen LogP contribution >= 0.6 is 0 Å². The molecule has 0 aliphatic rings. The lowest BCUT2D eigenvalue weighted by Crippen LogP contribution is -1.90. The fourth-order valence-corrected chi connectivity index (χ4v) is 8.78. The van der Waals surface area contributed by atoms with Gasteiger partial charge in [0.15, 0.2) is 11.2 Å². The van der Waals surface area contributed by atoms with E-state index in [4.69, 9.17) is 13.3 Å². The van der Waals surface area contributed by atoms with Gasteiger partial charge in [-0.15, -0.1) is 0 Å². The largest absolute Gasteiger partial charge is 0.460 e. The van der Waals surface area contributed by atoms with Crippen LogP contribution in [0.3, 0.4) is 0 Å². The second-order valence-electron chi connectivity index (χ2n) is 14.0. The molecule has 9 aromatic carbocycles. The molecule has 3 nitrogen and oxygen atoms in total. The van der Waals surface area contributed by atoms with Gasteiger partial charge in [-0.25, -0.2) is 0 Å². The maximum atomic E-state index is 6.54. The average Bonchev–Trinajstić information content (AvgIpc) is 3.93. The smallest absolute Gasteiger partial charge is 0.178 e. The highest BCUT2D eigenvalue weighted by Gasteiger charge is 2.21. The predicted molar refractivity (Wildman–Crippen MR) is 220 cm³/mol. The molecular formula is C50H28O3. The summed E-state index contributed by atoms with van der Waals surface area (Å²) in [4.78, 5) is 0. The van der Waals surface area contributed by atoms with Crippen LogP contribution in [-0.4, -0.2) is 0 Å². The Bertz CT molecular complexity index is 3390. The van der Waals surface area contributed by atoms with Crippen molar-refractivity contribution >= 4 is 87.2 Å². The first-order valence-corrected chi connectivity index (χ1v) is 18.0. The van der Waals surface area contributed by atoms with Crippen LogP contribution in [0.4, 0.5) is 0 Å². The van der Waals surface area contributed by atoms with Crippen LogP contribution < -0.4 is 0 Å². The van der Waals surface area contributed by atoms with Gasteiger partial charge in [0.05, 0.1) is 6.26 Å². The van der Waals surface area contributed by atoms with Crippen molar-refractivity contribution in [1.82, 2.24) is 0 Å². The molecule has 12 rings (SSSR count). The van der Waals surface area contributed by atoms with E-state index in [2.05, 4.69) is 158 Å². The van der Waals surface area contributed by atoms with Gasteiger partial charge >= 0.3 is 0 Å². The zero-order valence-corrected chi connectivity index (χ0v) is 28.4. The lowest BCUT2D eigenvalue weighted by molar-refractivity contribution is 0.600. The molecule has 246 valence electrons. The number of fused-ring (bicyclic) bond motifs is 12. The molecule has 53 heavy (non-hydrogen) atoms. The Morgan fingerprint density at radius 1 is 0.321 bits per heavy atom. The second kappa shape index (κ2) is 10.7. The van der Waals surface area contributed by atoms with E-state index in [1.807, 2.05) is 12.3 Å². The van der Waals surface area contributed by atoms with E-state index in [1.165, 1.54) is 49.0 Å². The summed E-state index contributed by atoms with van der Waals surface area (Å²) in [5.74, 6) is 0. The van der Waals surface area contributed by atoms with Gasteiger partial charge in [-0.1, -0.05) is 121 Å². The lowest BCUT2D eigenvalue weighted by Gasteiger charge is -2.18. The minimum absolute atomic E-state index is 0.773. The van der Waals surface area contributed by atoms with Crippen molar-refractivity contribution in [1.29, 1.82) is 0 Å². The number of hydrogen-bond donors (Lipinski definition) is 0. The molecule has 3 heterocycles. The molecule has 12 aromatic rings. The fraction of sp³-hybridized carbons (Fsp3) is 0. The Balaban J connectivity index is 1.09. The van der Waals surface area contributed by atoms with Crippen molar-refractivity contribution in [2.24, 2.45) is 0 Å². The van der Waals surface area contributed by atoms with Gasteiger partial charge in [0.25, 0.3) is 0 Å². The standard InChI is InChI=1S/C50H28O3/c1-2-10-29(11-3-1)42-28-51-49-39(42)22-21-38-40-26-31(19-23-43(40)53-50(38)49)46-34-14-6-8-16-36(34)47(37-17-9-7-15-35(37)46)32-20-24-44-41(27-32)48-33-13-5-4-12-30(33)18-25-45(48)52-44/h1-28H. The first-order valence-electron chi connectivity index (χ1n) is 18.0. The van der Waals surface area contributed by atoms with Crippen molar-refractivity contribution in [3.05, 3.63) is 170 Å².